The number of benzene rings is 2. The van der Waals surface area contributed by atoms with Crippen LogP contribution in [0.5, 0.6) is 5.75 Å². The number of fused-ring (bicyclic) bond motifs is 1. The van der Waals surface area contributed by atoms with Gasteiger partial charge in [-0.05, 0) is 37.1 Å². The monoisotopic (exact) mass is 401 g/mol. The van der Waals surface area contributed by atoms with Crippen LogP contribution >= 0.6 is 0 Å². The summed E-state index contributed by atoms with van der Waals surface area (Å²) in [6.07, 6.45) is 2.37. The van der Waals surface area contributed by atoms with Crippen LogP contribution in [-0.4, -0.2) is 60.0 Å². The van der Waals surface area contributed by atoms with Crippen molar-refractivity contribution in [2.45, 2.75) is 18.8 Å². The standard InChI is InChI=1S/C25H27N3O2/c29-25(22-18-24(19-10-11-19)26-23-9-5-4-8-21(22)23)28-14-12-27(13-15-28)16-17-30-20-6-2-1-3-7-20/h1-9,18-19H,10-17H2. The van der Waals surface area contributed by atoms with E-state index in [9.17, 15) is 4.79 Å². The zero-order chi connectivity index (χ0) is 20.3. The number of rotatable bonds is 6. The molecule has 1 aromatic heterocycles. The number of aromatic nitrogens is 1. The molecule has 1 aliphatic carbocycles. The number of nitrogens with zero attached hydrogens (tertiary/aromatic N) is 3. The number of piperazine rings is 1. The number of pyridine rings is 1. The number of para-hydroxylation sites is 2. The van der Waals surface area contributed by atoms with E-state index < -0.39 is 0 Å². The summed E-state index contributed by atoms with van der Waals surface area (Å²) in [4.78, 5) is 22.5. The summed E-state index contributed by atoms with van der Waals surface area (Å²) in [6, 6.07) is 20.0. The molecule has 1 aliphatic heterocycles. The zero-order valence-corrected chi connectivity index (χ0v) is 17.2. The Morgan fingerprint density at radius 1 is 0.967 bits per heavy atom. The van der Waals surface area contributed by atoms with Crippen LogP contribution in [-0.2, 0) is 0 Å². The molecule has 2 heterocycles. The second-order valence-corrected chi connectivity index (χ2v) is 8.18. The van der Waals surface area contributed by atoms with Crippen LogP contribution in [0.25, 0.3) is 10.9 Å². The van der Waals surface area contributed by atoms with Gasteiger partial charge in [-0.25, -0.2) is 0 Å². The normalized spacial score (nSPS) is 17.3. The Morgan fingerprint density at radius 2 is 1.70 bits per heavy atom. The first kappa shape index (κ1) is 19.1. The van der Waals surface area contributed by atoms with Crippen LogP contribution in [0, 0.1) is 0 Å². The maximum Gasteiger partial charge on any atom is 0.254 e. The number of amides is 1. The van der Waals surface area contributed by atoms with Gasteiger partial charge in [0, 0.05) is 49.7 Å². The molecule has 2 aromatic carbocycles. The highest BCUT2D eigenvalue weighted by atomic mass is 16.5. The number of carbonyl (C=O) groups excluding carboxylic acids is 1. The Balaban J connectivity index is 1.22. The molecule has 1 saturated carbocycles. The van der Waals surface area contributed by atoms with Crippen LogP contribution in [0.15, 0.2) is 60.7 Å². The van der Waals surface area contributed by atoms with Crippen molar-refractivity contribution in [2.24, 2.45) is 0 Å². The lowest BCUT2D eigenvalue weighted by atomic mass is 10.0. The third kappa shape index (κ3) is 4.17. The zero-order valence-electron chi connectivity index (χ0n) is 17.2. The van der Waals surface area contributed by atoms with E-state index in [1.54, 1.807) is 0 Å². The van der Waals surface area contributed by atoms with E-state index >= 15 is 0 Å². The van der Waals surface area contributed by atoms with Crippen molar-refractivity contribution < 1.29 is 9.53 Å². The summed E-state index contributed by atoms with van der Waals surface area (Å²) in [5.74, 6) is 1.57. The van der Waals surface area contributed by atoms with Crippen molar-refractivity contribution in [3.63, 3.8) is 0 Å². The highest BCUT2D eigenvalue weighted by molar-refractivity contribution is 6.06. The van der Waals surface area contributed by atoms with Gasteiger partial charge in [-0.2, -0.15) is 0 Å². The largest absolute Gasteiger partial charge is 0.492 e. The van der Waals surface area contributed by atoms with Gasteiger partial charge in [0.1, 0.15) is 12.4 Å². The van der Waals surface area contributed by atoms with Gasteiger partial charge in [0.25, 0.3) is 5.91 Å². The van der Waals surface area contributed by atoms with Gasteiger partial charge in [0.15, 0.2) is 0 Å². The minimum atomic E-state index is 0.135. The molecule has 0 spiro atoms. The molecule has 2 aliphatic rings. The first-order valence-electron chi connectivity index (χ1n) is 10.9. The summed E-state index contributed by atoms with van der Waals surface area (Å²) < 4.78 is 5.81. The quantitative estimate of drug-likeness (QED) is 0.627. The number of hydrogen-bond acceptors (Lipinski definition) is 4. The van der Waals surface area contributed by atoms with Gasteiger partial charge in [-0.15, -0.1) is 0 Å². The fourth-order valence-corrected chi connectivity index (χ4v) is 4.12. The number of hydrogen-bond donors (Lipinski definition) is 0. The van der Waals surface area contributed by atoms with E-state index in [1.807, 2.05) is 65.6 Å². The third-order valence-corrected chi connectivity index (χ3v) is 6.04. The molecule has 0 bridgehead atoms. The number of ether oxygens (including phenoxy) is 1. The lowest BCUT2D eigenvalue weighted by Gasteiger charge is -2.34. The van der Waals surface area contributed by atoms with Crippen molar-refractivity contribution >= 4 is 16.8 Å². The first-order chi connectivity index (χ1) is 14.8. The van der Waals surface area contributed by atoms with Crippen LogP contribution in [0.3, 0.4) is 0 Å². The van der Waals surface area contributed by atoms with Crippen molar-refractivity contribution in [3.05, 3.63) is 71.9 Å². The van der Waals surface area contributed by atoms with Crippen LogP contribution in [0.2, 0.25) is 0 Å². The molecule has 5 nitrogen and oxygen atoms in total. The smallest absolute Gasteiger partial charge is 0.254 e. The van der Waals surface area contributed by atoms with Gasteiger partial charge in [0.2, 0.25) is 0 Å². The predicted octanol–water partition coefficient (Wildman–Crippen LogP) is 3.95. The topological polar surface area (TPSA) is 45.7 Å². The average molecular weight is 402 g/mol. The van der Waals surface area contributed by atoms with Gasteiger partial charge >= 0.3 is 0 Å². The second-order valence-electron chi connectivity index (χ2n) is 8.18. The maximum absolute atomic E-state index is 13.4. The molecular weight excluding hydrogens is 374 g/mol. The summed E-state index contributed by atoms with van der Waals surface area (Å²) in [5.41, 5.74) is 2.82. The van der Waals surface area contributed by atoms with E-state index in [0.29, 0.717) is 12.5 Å². The minimum absolute atomic E-state index is 0.135. The Kier molecular flexibility index (Phi) is 5.37. The van der Waals surface area contributed by atoms with Crippen molar-refractivity contribution in [1.29, 1.82) is 0 Å². The van der Waals surface area contributed by atoms with Gasteiger partial charge in [-0.1, -0.05) is 36.4 Å². The molecule has 154 valence electrons. The fraction of sp³-hybridized carbons (Fsp3) is 0.360. The summed E-state index contributed by atoms with van der Waals surface area (Å²) >= 11 is 0. The Morgan fingerprint density at radius 3 is 2.47 bits per heavy atom. The highest BCUT2D eigenvalue weighted by Gasteiger charge is 2.29. The molecule has 2 fully saturated rings. The van der Waals surface area contributed by atoms with Crippen molar-refractivity contribution in [3.8, 4) is 5.75 Å². The average Bonchev–Trinajstić information content (AvgIpc) is 3.65. The van der Waals surface area contributed by atoms with Crippen molar-refractivity contribution in [1.82, 2.24) is 14.8 Å². The molecule has 1 amide bonds. The summed E-state index contributed by atoms with van der Waals surface area (Å²) in [7, 11) is 0. The molecule has 0 radical (unpaired) electrons. The molecule has 0 N–H and O–H groups in total. The molecular formula is C25H27N3O2. The van der Waals surface area contributed by atoms with Crippen LogP contribution < -0.4 is 4.74 Å². The lowest BCUT2D eigenvalue weighted by Crippen LogP contribution is -2.49. The van der Waals surface area contributed by atoms with Gasteiger partial charge in [0.05, 0.1) is 11.1 Å². The fourth-order valence-electron chi connectivity index (χ4n) is 4.12. The lowest BCUT2D eigenvalue weighted by molar-refractivity contribution is 0.0622. The molecule has 3 aromatic rings. The van der Waals surface area contributed by atoms with E-state index in [-0.39, 0.29) is 5.91 Å². The molecule has 0 unspecified atom stereocenters. The van der Waals surface area contributed by atoms with Crippen LogP contribution in [0.1, 0.15) is 34.8 Å². The highest BCUT2D eigenvalue weighted by Crippen LogP contribution is 2.40. The SMILES string of the molecule is O=C(c1cc(C2CC2)nc2ccccc12)N1CCN(CCOc2ccccc2)CC1. The molecule has 1 saturated heterocycles. The molecule has 5 rings (SSSR count). The van der Waals surface area contributed by atoms with E-state index in [2.05, 4.69) is 4.90 Å². The minimum Gasteiger partial charge on any atom is -0.492 e. The number of carbonyl (C=O) groups is 1. The predicted molar refractivity (Wildman–Crippen MR) is 118 cm³/mol. The van der Waals surface area contributed by atoms with Gasteiger partial charge < -0.3 is 9.64 Å². The Hall–Kier alpha value is -2.92. The Labute approximate surface area is 177 Å². The Bertz CT molecular complexity index is 1030. The van der Waals surface area contributed by atoms with E-state index in [0.717, 1.165) is 60.6 Å². The molecule has 5 heteroatoms. The maximum atomic E-state index is 13.4. The summed E-state index contributed by atoms with van der Waals surface area (Å²) in [6.45, 7) is 4.79. The van der Waals surface area contributed by atoms with E-state index in [1.165, 1.54) is 12.8 Å². The van der Waals surface area contributed by atoms with E-state index in [4.69, 9.17) is 9.72 Å². The van der Waals surface area contributed by atoms with Crippen LogP contribution in [0.4, 0.5) is 0 Å². The van der Waals surface area contributed by atoms with Gasteiger partial charge in [-0.3, -0.25) is 14.7 Å². The molecule has 0 atom stereocenters. The second kappa shape index (κ2) is 8.44. The first-order valence-corrected chi connectivity index (χ1v) is 10.9. The summed E-state index contributed by atoms with van der Waals surface area (Å²) in [5, 5.41) is 0.964. The molecule has 30 heavy (non-hydrogen) atoms. The van der Waals surface area contributed by atoms with Crippen molar-refractivity contribution in [2.75, 3.05) is 39.3 Å². The third-order valence-electron chi connectivity index (χ3n) is 6.04.